The second-order valence-electron chi connectivity index (χ2n) is 8.33. The smallest absolute Gasteiger partial charge is 0.229 e. The van der Waals surface area contributed by atoms with Gasteiger partial charge >= 0.3 is 0 Å². The molecule has 1 unspecified atom stereocenters. The second-order valence-corrected chi connectivity index (χ2v) is 8.33. The molecule has 1 aliphatic rings. The predicted molar refractivity (Wildman–Crippen MR) is 123 cm³/mol. The van der Waals surface area contributed by atoms with E-state index in [1.807, 2.05) is 24.3 Å². The van der Waals surface area contributed by atoms with Gasteiger partial charge in [0.1, 0.15) is 0 Å². The first kappa shape index (κ1) is 22.5. The number of nitrogens with zero attached hydrogens (tertiary/aromatic N) is 2. The quantitative estimate of drug-likeness (QED) is 0.707. The Morgan fingerprint density at radius 2 is 1.68 bits per heavy atom. The summed E-state index contributed by atoms with van der Waals surface area (Å²) in [6.45, 7) is 2.55. The highest BCUT2D eigenvalue weighted by Gasteiger charge is 2.35. The maximum atomic E-state index is 12.7. The third kappa shape index (κ3) is 5.94. The van der Waals surface area contributed by atoms with Gasteiger partial charge in [-0.15, -0.1) is 0 Å². The summed E-state index contributed by atoms with van der Waals surface area (Å²) in [5, 5.41) is 2.90. The summed E-state index contributed by atoms with van der Waals surface area (Å²) in [6.07, 6.45) is 3.87. The molecule has 2 aromatic rings. The van der Waals surface area contributed by atoms with Crippen molar-refractivity contribution in [2.45, 2.75) is 39.0 Å². The third-order valence-corrected chi connectivity index (χ3v) is 5.64. The van der Waals surface area contributed by atoms with Gasteiger partial charge in [-0.3, -0.25) is 14.4 Å². The Labute approximate surface area is 184 Å². The van der Waals surface area contributed by atoms with E-state index in [1.165, 1.54) is 5.56 Å². The third-order valence-electron chi connectivity index (χ3n) is 5.64. The van der Waals surface area contributed by atoms with Crippen molar-refractivity contribution in [1.82, 2.24) is 4.90 Å². The van der Waals surface area contributed by atoms with Gasteiger partial charge < -0.3 is 15.1 Å². The van der Waals surface area contributed by atoms with E-state index < -0.39 is 0 Å². The van der Waals surface area contributed by atoms with Crippen LogP contribution in [0.5, 0.6) is 0 Å². The van der Waals surface area contributed by atoms with Crippen LogP contribution in [0.4, 0.5) is 11.4 Å². The first-order chi connectivity index (χ1) is 14.9. The van der Waals surface area contributed by atoms with E-state index in [0.717, 1.165) is 30.5 Å². The Hall–Kier alpha value is -3.15. The summed E-state index contributed by atoms with van der Waals surface area (Å²) in [4.78, 5) is 40.3. The first-order valence-corrected chi connectivity index (χ1v) is 10.9. The first-order valence-electron chi connectivity index (χ1n) is 10.9. The minimum absolute atomic E-state index is 0.0275. The molecule has 31 heavy (non-hydrogen) atoms. The number of benzene rings is 2. The zero-order chi connectivity index (χ0) is 22.4. The Balaban J connectivity index is 1.57. The molecule has 1 atom stereocenters. The minimum Gasteiger partial charge on any atom is -0.349 e. The van der Waals surface area contributed by atoms with Gasteiger partial charge in [-0.1, -0.05) is 37.6 Å². The Kier molecular flexibility index (Phi) is 7.45. The number of carbonyl (C=O) groups excluding carboxylic acids is 3. The Bertz CT molecular complexity index is 920. The number of hydrogen-bond donors (Lipinski definition) is 1. The van der Waals surface area contributed by atoms with Gasteiger partial charge in [0.2, 0.25) is 17.7 Å². The normalized spacial score (nSPS) is 15.8. The zero-order valence-electron chi connectivity index (χ0n) is 18.6. The van der Waals surface area contributed by atoms with Crippen LogP contribution in [-0.4, -0.2) is 43.3 Å². The van der Waals surface area contributed by atoms with Crippen molar-refractivity contribution >= 4 is 29.1 Å². The Morgan fingerprint density at radius 1 is 1.03 bits per heavy atom. The summed E-state index contributed by atoms with van der Waals surface area (Å²) in [5.74, 6) is -0.548. The summed E-state index contributed by atoms with van der Waals surface area (Å²) >= 11 is 0. The van der Waals surface area contributed by atoms with Gasteiger partial charge in [-0.25, -0.2) is 0 Å². The molecule has 1 saturated heterocycles. The van der Waals surface area contributed by atoms with Crippen LogP contribution in [0, 0.1) is 5.92 Å². The average Bonchev–Trinajstić information content (AvgIpc) is 3.15. The molecular weight excluding hydrogens is 390 g/mol. The largest absolute Gasteiger partial charge is 0.349 e. The van der Waals surface area contributed by atoms with Crippen molar-refractivity contribution in [2.24, 2.45) is 5.92 Å². The summed E-state index contributed by atoms with van der Waals surface area (Å²) in [5.41, 5.74) is 3.66. The molecule has 2 aromatic carbocycles. The number of amides is 3. The molecule has 0 aromatic heterocycles. The van der Waals surface area contributed by atoms with Crippen molar-refractivity contribution in [3.63, 3.8) is 0 Å². The molecule has 0 aliphatic carbocycles. The van der Waals surface area contributed by atoms with E-state index >= 15 is 0 Å². The molecule has 1 heterocycles. The zero-order valence-corrected chi connectivity index (χ0v) is 18.6. The fourth-order valence-corrected chi connectivity index (χ4v) is 3.64. The molecule has 1 N–H and O–H groups in total. The standard InChI is InChI=1S/C25H31N3O3/c1-4-5-6-18-9-13-22(14-10-18)28-17-20(16-24(28)30)25(31)26-21-11-7-19(8-12-21)15-23(29)27(2)3/h7-14,20H,4-6,15-17H2,1-3H3,(H,26,31). The van der Waals surface area contributed by atoms with E-state index in [4.69, 9.17) is 0 Å². The lowest BCUT2D eigenvalue weighted by Crippen LogP contribution is -2.28. The summed E-state index contributed by atoms with van der Waals surface area (Å²) < 4.78 is 0. The van der Waals surface area contributed by atoms with Crippen molar-refractivity contribution in [3.8, 4) is 0 Å². The van der Waals surface area contributed by atoms with Gasteiger partial charge in [-0.05, 0) is 48.2 Å². The summed E-state index contributed by atoms with van der Waals surface area (Å²) in [7, 11) is 3.45. The number of rotatable bonds is 8. The van der Waals surface area contributed by atoms with E-state index in [9.17, 15) is 14.4 Å². The van der Waals surface area contributed by atoms with Gasteiger partial charge in [-0.2, -0.15) is 0 Å². The van der Waals surface area contributed by atoms with E-state index in [1.54, 1.807) is 36.0 Å². The molecule has 0 spiro atoms. The lowest BCUT2D eigenvalue weighted by atomic mass is 10.1. The number of unbranched alkanes of at least 4 members (excludes halogenated alkanes) is 1. The van der Waals surface area contributed by atoms with Gasteiger partial charge in [0, 0.05) is 38.4 Å². The molecule has 3 rings (SSSR count). The molecule has 0 saturated carbocycles. The number of nitrogens with one attached hydrogen (secondary N) is 1. The lowest BCUT2D eigenvalue weighted by Gasteiger charge is -2.17. The molecule has 0 radical (unpaired) electrons. The monoisotopic (exact) mass is 421 g/mol. The van der Waals surface area contributed by atoms with Crippen LogP contribution in [0.1, 0.15) is 37.3 Å². The number of carbonyl (C=O) groups is 3. The van der Waals surface area contributed by atoms with Crippen molar-refractivity contribution < 1.29 is 14.4 Å². The van der Waals surface area contributed by atoms with Crippen molar-refractivity contribution in [3.05, 3.63) is 59.7 Å². The van der Waals surface area contributed by atoms with E-state index in [0.29, 0.717) is 18.7 Å². The van der Waals surface area contributed by atoms with E-state index in [2.05, 4.69) is 24.4 Å². The van der Waals surface area contributed by atoms with Crippen LogP contribution < -0.4 is 10.2 Å². The van der Waals surface area contributed by atoms with Crippen molar-refractivity contribution in [2.75, 3.05) is 30.9 Å². The molecule has 1 fully saturated rings. The second kappa shape index (κ2) is 10.2. The Morgan fingerprint density at radius 3 is 2.29 bits per heavy atom. The summed E-state index contributed by atoms with van der Waals surface area (Å²) in [6, 6.07) is 15.3. The molecule has 3 amide bonds. The van der Waals surface area contributed by atoms with Gasteiger partial charge in [0.25, 0.3) is 0 Å². The molecule has 164 valence electrons. The fourth-order valence-electron chi connectivity index (χ4n) is 3.64. The van der Waals surface area contributed by atoms with Gasteiger partial charge in [0.05, 0.1) is 12.3 Å². The van der Waals surface area contributed by atoms with Crippen LogP contribution in [-0.2, 0) is 27.2 Å². The predicted octanol–water partition coefficient (Wildman–Crippen LogP) is 3.65. The number of likely N-dealkylation sites (N-methyl/N-ethyl adjacent to an activating group) is 1. The highest BCUT2D eigenvalue weighted by atomic mass is 16.2. The topological polar surface area (TPSA) is 69.7 Å². The molecule has 0 bridgehead atoms. The van der Waals surface area contributed by atoms with Crippen LogP contribution >= 0.6 is 0 Å². The van der Waals surface area contributed by atoms with Crippen molar-refractivity contribution in [1.29, 1.82) is 0 Å². The lowest BCUT2D eigenvalue weighted by molar-refractivity contribution is -0.128. The number of anilines is 2. The van der Waals surface area contributed by atoms with Gasteiger partial charge in [0.15, 0.2) is 0 Å². The molecule has 1 aliphatic heterocycles. The SMILES string of the molecule is CCCCc1ccc(N2CC(C(=O)Nc3ccc(CC(=O)N(C)C)cc3)CC2=O)cc1. The molecule has 6 heteroatoms. The maximum Gasteiger partial charge on any atom is 0.229 e. The molecule has 6 nitrogen and oxygen atoms in total. The van der Waals surface area contributed by atoms with E-state index in [-0.39, 0.29) is 30.1 Å². The van der Waals surface area contributed by atoms with Crippen LogP contribution in [0.25, 0.3) is 0 Å². The van der Waals surface area contributed by atoms with Crippen LogP contribution in [0.3, 0.4) is 0 Å². The fraction of sp³-hybridized carbons (Fsp3) is 0.400. The highest BCUT2D eigenvalue weighted by Crippen LogP contribution is 2.26. The van der Waals surface area contributed by atoms with Crippen LogP contribution in [0.2, 0.25) is 0 Å². The number of aryl methyl sites for hydroxylation is 1. The highest BCUT2D eigenvalue weighted by molar-refractivity contribution is 6.03. The maximum absolute atomic E-state index is 12.7. The van der Waals surface area contributed by atoms with Crippen LogP contribution in [0.15, 0.2) is 48.5 Å². The minimum atomic E-state index is -0.387. The number of hydrogen-bond acceptors (Lipinski definition) is 3. The average molecular weight is 422 g/mol. The molecular formula is C25H31N3O3.